The van der Waals surface area contributed by atoms with Gasteiger partial charge in [0.05, 0.1) is 12.5 Å². The number of aromatic nitrogens is 2. The van der Waals surface area contributed by atoms with Crippen LogP contribution in [0, 0.1) is 11.2 Å². The Morgan fingerprint density at radius 1 is 1.14 bits per heavy atom. The molecule has 37 heavy (non-hydrogen) atoms. The second-order valence-electron chi connectivity index (χ2n) is 9.08. The van der Waals surface area contributed by atoms with Gasteiger partial charge in [-0.3, -0.25) is 15.0 Å². The van der Waals surface area contributed by atoms with E-state index in [0.29, 0.717) is 11.1 Å². The molecule has 0 aliphatic carbocycles. The molecule has 192 valence electrons. The quantitative estimate of drug-likeness (QED) is 0.348. The Morgan fingerprint density at radius 2 is 1.78 bits per heavy atom. The molecule has 0 radical (unpaired) electrons. The van der Waals surface area contributed by atoms with Crippen LogP contribution in [-0.4, -0.2) is 69.8 Å². The number of rotatable bonds is 6. The van der Waals surface area contributed by atoms with Gasteiger partial charge in [-0.1, -0.05) is 42.5 Å². The first-order chi connectivity index (χ1) is 17.6. The average Bonchev–Trinajstić information content (AvgIpc) is 3.36. The van der Waals surface area contributed by atoms with Crippen LogP contribution in [0.4, 0.5) is 15.0 Å². The first kappa shape index (κ1) is 25.5. The maximum Gasteiger partial charge on any atom is 0.320 e. The number of ketones is 1. The minimum absolute atomic E-state index is 0.0705. The third kappa shape index (κ3) is 4.92. The molecule has 4 rings (SSSR count). The standard InChI is InChI=1S/C26H28FN7O3/c1-15-20(19(35)14-33(15)26(37)32(2)3)22-21(27)24(30-13-16-9-11-17(12-10-16)23(28)29)34(31-22)25(36)18-7-5-4-6-8-18/h4-12,15,20,30H,13-14H2,1-3H3,(H3,28,29). The van der Waals surface area contributed by atoms with Crippen LogP contribution in [0.25, 0.3) is 0 Å². The van der Waals surface area contributed by atoms with Gasteiger partial charge < -0.3 is 20.9 Å². The molecule has 0 spiro atoms. The topological polar surface area (TPSA) is 137 Å². The minimum Gasteiger partial charge on any atom is -0.384 e. The number of nitrogen functional groups attached to an aromatic ring is 1. The smallest absolute Gasteiger partial charge is 0.320 e. The fraction of sp³-hybridized carbons (Fsp3) is 0.269. The van der Waals surface area contributed by atoms with E-state index in [1.165, 1.54) is 9.80 Å². The van der Waals surface area contributed by atoms with Gasteiger partial charge in [-0.2, -0.15) is 9.78 Å². The lowest BCUT2D eigenvalue weighted by Gasteiger charge is -2.26. The van der Waals surface area contributed by atoms with Crippen molar-refractivity contribution in [1.29, 1.82) is 5.41 Å². The van der Waals surface area contributed by atoms with Crippen molar-refractivity contribution < 1.29 is 18.8 Å². The highest BCUT2D eigenvalue weighted by molar-refractivity contribution is 5.98. The summed E-state index contributed by atoms with van der Waals surface area (Å²) in [5.74, 6) is -3.03. The molecule has 1 aromatic heterocycles. The van der Waals surface area contributed by atoms with Gasteiger partial charge in [0.1, 0.15) is 11.5 Å². The van der Waals surface area contributed by atoms with Crippen molar-refractivity contribution in [2.45, 2.75) is 25.4 Å². The number of nitrogens with zero attached hydrogens (tertiary/aromatic N) is 4. The summed E-state index contributed by atoms with van der Waals surface area (Å²) >= 11 is 0. The fourth-order valence-corrected chi connectivity index (χ4v) is 4.34. The molecule has 2 aromatic carbocycles. The largest absolute Gasteiger partial charge is 0.384 e. The van der Waals surface area contributed by atoms with Crippen LogP contribution < -0.4 is 11.1 Å². The predicted octanol–water partition coefficient (Wildman–Crippen LogP) is 2.65. The molecule has 0 bridgehead atoms. The molecule has 0 saturated carbocycles. The van der Waals surface area contributed by atoms with Crippen molar-refractivity contribution in [3.05, 3.63) is 82.8 Å². The van der Waals surface area contributed by atoms with Crippen molar-refractivity contribution in [2.24, 2.45) is 5.73 Å². The van der Waals surface area contributed by atoms with E-state index in [2.05, 4.69) is 10.4 Å². The average molecular weight is 506 g/mol. The number of halogens is 1. The van der Waals surface area contributed by atoms with E-state index in [1.54, 1.807) is 75.6 Å². The summed E-state index contributed by atoms with van der Waals surface area (Å²) in [6.07, 6.45) is 0. The fourth-order valence-electron chi connectivity index (χ4n) is 4.34. The minimum atomic E-state index is -1.02. The van der Waals surface area contributed by atoms with Gasteiger partial charge in [-0.05, 0) is 24.6 Å². The van der Waals surface area contributed by atoms with E-state index < -0.39 is 23.7 Å². The number of Topliss-reactive ketones (excluding diaryl/α,β-unsaturated/α-hetero) is 1. The van der Waals surface area contributed by atoms with Crippen LogP contribution in [0.15, 0.2) is 54.6 Å². The molecule has 1 fully saturated rings. The summed E-state index contributed by atoms with van der Waals surface area (Å²) in [5.41, 5.74) is 6.90. The van der Waals surface area contributed by atoms with E-state index in [-0.39, 0.29) is 42.3 Å². The highest BCUT2D eigenvalue weighted by Gasteiger charge is 2.45. The number of nitrogens with one attached hydrogen (secondary N) is 2. The lowest BCUT2D eigenvalue weighted by atomic mass is 9.96. The summed E-state index contributed by atoms with van der Waals surface area (Å²) in [5, 5.41) is 14.7. The molecule has 2 heterocycles. The highest BCUT2D eigenvalue weighted by atomic mass is 19.1. The zero-order valence-corrected chi connectivity index (χ0v) is 20.7. The Balaban J connectivity index is 1.71. The van der Waals surface area contributed by atoms with Gasteiger partial charge in [0, 0.05) is 37.8 Å². The van der Waals surface area contributed by atoms with Crippen molar-refractivity contribution in [3.63, 3.8) is 0 Å². The summed E-state index contributed by atoms with van der Waals surface area (Å²) < 4.78 is 16.8. The van der Waals surface area contributed by atoms with Gasteiger partial charge >= 0.3 is 6.03 Å². The number of carbonyl (C=O) groups is 3. The van der Waals surface area contributed by atoms with Crippen LogP contribution in [0.1, 0.15) is 40.0 Å². The number of hydrogen-bond acceptors (Lipinski definition) is 6. The third-order valence-electron chi connectivity index (χ3n) is 6.36. The number of nitrogens with two attached hydrogens (primary N) is 1. The van der Waals surface area contributed by atoms with Crippen LogP contribution in [0.5, 0.6) is 0 Å². The number of likely N-dealkylation sites (tertiary alicyclic amines) is 1. The zero-order valence-electron chi connectivity index (χ0n) is 20.7. The monoisotopic (exact) mass is 505 g/mol. The summed E-state index contributed by atoms with van der Waals surface area (Å²) in [7, 11) is 3.15. The normalized spacial score (nSPS) is 17.1. The molecule has 2 unspecified atom stereocenters. The second-order valence-corrected chi connectivity index (χ2v) is 9.08. The van der Waals surface area contributed by atoms with Gasteiger partial charge in [-0.15, -0.1) is 0 Å². The molecule has 11 heteroatoms. The van der Waals surface area contributed by atoms with Crippen LogP contribution in [-0.2, 0) is 11.3 Å². The van der Waals surface area contributed by atoms with Crippen LogP contribution in [0.3, 0.4) is 0 Å². The Bertz CT molecular complexity index is 1350. The van der Waals surface area contributed by atoms with Crippen molar-refractivity contribution >= 4 is 29.4 Å². The maximum atomic E-state index is 15.9. The lowest BCUT2D eigenvalue weighted by molar-refractivity contribution is -0.118. The molecule has 1 aliphatic heterocycles. The van der Waals surface area contributed by atoms with Gasteiger partial charge in [-0.25, -0.2) is 9.18 Å². The maximum absolute atomic E-state index is 15.9. The molecule has 3 aromatic rings. The summed E-state index contributed by atoms with van der Waals surface area (Å²) in [4.78, 5) is 41.5. The number of hydrogen-bond donors (Lipinski definition) is 3. The van der Waals surface area contributed by atoms with Crippen molar-refractivity contribution in [3.8, 4) is 0 Å². The first-order valence-electron chi connectivity index (χ1n) is 11.7. The van der Waals surface area contributed by atoms with Gasteiger partial charge in [0.2, 0.25) is 0 Å². The van der Waals surface area contributed by atoms with E-state index in [0.717, 1.165) is 10.2 Å². The molecular weight excluding hydrogens is 477 g/mol. The van der Waals surface area contributed by atoms with Crippen molar-refractivity contribution in [2.75, 3.05) is 26.0 Å². The van der Waals surface area contributed by atoms with E-state index >= 15 is 4.39 Å². The second kappa shape index (κ2) is 10.2. The molecule has 1 aliphatic rings. The Hall–Kier alpha value is -4.54. The number of benzene rings is 2. The summed E-state index contributed by atoms with van der Waals surface area (Å²) in [6, 6.07) is 14.1. The Kier molecular flexibility index (Phi) is 7.05. The zero-order chi connectivity index (χ0) is 26.9. The van der Waals surface area contributed by atoms with Crippen molar-refractivity contribution in [1.82, 2.24) is 19.6 Å². The molecule has 10 nitrogen and oxygen atoms in total. The summed E-state index contributed by atoms with van der Waals surface area (Å²) in [6.45, 7) is 1.63. The first-order valence-corrected chi connectivity index (χ1v) is 11.7. The molecule has 1 saturated heterocycles. The predicted molar refractivity (Wildman–Crippen MR) is 136 cm³/mol. The molecular formula is C26H28FN7O3. The third-order valence-corrected chi connectivity index (χ3v) is 6.36. The van der Waals surface area contributed by atoms with E-state index in [1.807, 2.05) is 0 Å². The van der Waals surface area contributed by atoms with Gasteiger partial charge in [0.25, 0.3) is 5.91 Å². The Morgan fingerprint density at radius 3 is 2.38 bits per heavy atom. The van der Waals surface area contributed by atoms with E-state index in [9.17, 15) is 14.4 Å². The van der Waals surface area contributed by atoms with Crippen LogP contribution in [0.2, 0.25) is 0 Å². The van der Waals surface area contributed by atoms with Crippen LogP contribution >= 0.6 is 0 Å². The highest BCUT2D eigenvalue weighted by Crippen LogP contribution is 2.35. The molecule has 2 amide bonds. The SMILES string of the molecule is CC1C(c2nn(C(=O)c3ccccc3)c(NCc3ccc(C(=N)N)cc3)c2F)C(=O)CN1C(=O)N(C)C. The lowest BCUT2D eigenvalue weighted by Crippen LogP contribution is -2.42. The number of carbonyl (C=O) groups excluding carboxylic acids is 3. The van der Waals surface area contributed by atoms with Gasteiger partial charge in [0.15, 0.2) is 17.4 Å². The molecule has 4 N–H and O–H groups in total. The van der Waals surface area contributed by atoms with E-state index in [4.69, 9.17) is 11.1 Å². The Labute approximate surface area is 213 Å². The molecule has 2 atom stereocenters. The number of amides is 2. The number of anilines is 1. The number of urea groups is 1. The number of amidine groups is 1.